The van der Waals surface area contributed by atoms with Crippen LogP contribution in [0.5, 0.6) is 11.5 Å². The molecule has 1 aromatic carbocycles. The van der Waals surface area contributed by atoms with Crippen LogP contribution in [0, 0.1) is 5.92 Å². The second-order valence-electron chi connectivity index (χ2n) is 4.44. The van der Waals surface area contributed by atoms with Gasteiger partial charge in [0.15, 0.2) is 11.5 Å². The van der Waals surface area contributed by atoms with Crippen molar-refractivity contribution in [3.05, 3.63) is 22.2 Å². The van der Waals surface area contributed by atoms with Gasteiger partial charge in [-0.15, -0.1) is 0 Å². The summed E-state index contributed by atoms with van der Waals surface area (Å²) in [4.78, 5) is 0. The van der Waals surface area contributed by atoms with Gasteiger partial charge in [0.05, 0.1) is 7.11 Å². The Morgan fingerprint density at radius 2 is 2.06 bits per heavy atom. The number of aromatic hydroxyl groups is 1. The minimum Gasteiger partial charge on any atom is -0.504 e. The molecule has 1 aromatic rings. The first-order valence-corrected chi connectivity index (χ1v) is 6.68. The van der Waals surface area contributed by atoms with E-state index in [0.717, 1.165) is 10.0 Å². The van der Waals surface area contributed by atoms with Gasteiger partial charge in [-0.05, 0) is 30.5 Å². The predicted octanol–water partition coefficient (Wildman–Crippen LogP) is 2.27. The minimum atomic E-state index is 0.116. The van der Waals surface area contributed by atoms with Crippen LogP contribution in [0.1, 0.15) is 19.4 Å². The van der Waals surface area contributed by atoms with Crippen molar-refractivity contribution < 1.29 is 14.9 Å². The minimum absolute atomic E-state index is 0.116. The number of nitrogens with one attached hydrogen (secondary N) is 1. The van der Waals surface area contributed by atoms with Crippen molar-refractivity contribution in [2.24, 2.45) is 5.92 Å². The van der Waals surface area contributed by atoms with E-state index in [9.17, 15) is 5.11 Å². The monoisotopic (exact) mass is 317 g/mol. The van der Waals surface area contributed by atoms with Gasteiger partial charge in [0.25, 0.3) is 0 Å². The standard InChI is InChI=1S/C13H20BrNO3/c1-8(7-16)9(2)15-6-10-4-13(18-3)12(17)5-11(10)14/h4-5,8-9,15-17H,6-7H2,1-3H3. The summed E-state index contributed by atoms with van der Waals surface area (Å²) in [7, 11) is 1.52. The van der Waals surface area contributed by atoms with E-state index in [1.54, 1.807) is 12.1 Å². The number of benzene rings is 1. The first-order chi connectivity index (χ1) is 8.49. The largest absolute Gasteiger partial charge is 0.504 e. The van der Waals surface area contributed by atoms with Crippen LogP contribution in [0.15, 0.2) is 16.6 Å². The Morgan fingerprint density at radius 1 is 1.39 bits per heavy atom. The highest BCUT2D eigenvalue weighted by Gasteiger charge is 2.12. The van der Waals surface area contributed by atoms with E-state index >= 15 is 0 Å². The number of phenolic OH excluding ortho intramolecular Hbond substituents is 1. The molecule has 0 aromatic heterocycles. The zero-order chi connectivity index (χ0) is 13.7. The third-order valence-electron chi connectivity index (χ3n) is 3.10. The molecular weight excluding hydrogens is 298 g/mol. The van der Waals surface area contributed by atoms with Crippen LogP contribution in [0.3, 0.4) is 0 Å². The molecule has 0 aliphatic rings. The van der Waals surface area contributed by atoms with Crippen LogP contribution < -0.4 is 10.1 Å². The summed E-state index contributed by atoms with van der Waals surface area (Å²) in [6.45, 7) is 4.83. The van der Waals surface area contributed by atoms with Crippen molar-refractivity contribution in [2.45, 2.75) is 26.4 Å². The molecule has 0 spiro atoms. The summed E-state index contributed by atoms with van der Waals surface area (Å²) in [5.41, 5.74) is 1.00. The Bertz CT molecular complexity index is 398. The molecule has 0 bridgehead atoms. The predicted molar refractivity (Wildman–Crippen MR) is 74.9 cm³/mol. The SMILES string of the molecule is COc1cc(CNC(C)C(C)CO)c(Br)cc1O. The van der Waals surface area contributed by atoms with Gasteiger partial charge < -0.3 is 20.3 Å². The highest BCUT2D eigenvalue weighted by molar-refractivity contribution is 9.10. The van der Waals surface area contributed by atoms with E-state index in [1.165, 1.54) is 7.11 Å². The summed E-state index contributed by atoms with van der Waals surface area (Å²) in [5, 5.41) is 22.0. The molecule has 2 unspecified atom stereocenters. The second-order valence-corrected chi connectivity index (χ2v) is 5.30. The highest BCUT2D eigenvalue weighted by Crippen LogP contribution is 2.32. The Kier molecular flexibility index (Phi) is 5.91. The van der Waals surface area contributed by atoms with Gasteiger partial charge in [0.2, 0.25) is 0 Å². The van der Waals surface area contributed by atoms with Crippen LogP contribution in [0.25, 0.3) is 0 Å². The number of hydrogen-bond acceptors (Lipinski definition) is 4. The fourth-order valence-corrected chi connectivity index (χ4v) is 1.99. The Balaban J connectivity index is 2.73. The fourth-order valence-electron chi connectivity index (χ4n) is 1.51. The van der Waals surface area contributed by atoms with Crippen molar-refractivity contribution in [1.82, 2.24) is 5.32 Å². The van der Waals surface area contributed by atoms with E-state index in [0.29, 0.717) is 12.3 Å². The highest BCUT2D eigenvalue weighted by atomic mass is 79.9. The average Bonchev–Trinajstić information content (AvgIpc) is 2.36. The molecule has 102 valence electrons. The molecule has 3 N–H and O–H groups in total. The third kappa shape index (κ3) is 3.86. The van der Waals surface area contributed by atoms with Crippen molar-refractivity contribution in [3.8, 4) is 11.5 Å². The second kappa shape index (κ2) is 6.97. The van der Waals surface area contributed by atoms with Gasteiger partial charge in [0.1, 0.15) is 0 Å². The van der Waals surface area contributed by atoms with E-state index in [-0.39, 0.29) is 24.3 Å². The van der Waals surface area contributed by atoms with Gasteiger partial charge in [-0.3, -0.25) is 0 Å². The normalized spacial score (nSPS) is 14.3. The number of methoxy groups -OCH3 is 1. The molecule has 0 aliphatic heterocycles. The average molecular weight is 318 g/mol. The maximum atomic E-state index is 9.61. The Hall–Kier alpha value is -0.780. The van der Waals surface area contributed by atoms with Gasteiger partial charge in [-0.1, -0.05) is 22.9 Å². The first kappa shape index (κ1) is 15.3. The lowest BCUT2D eigenvalue weighted by Gasteiger charge is -2.20. The third-order valence-corrected chi connectivity index (χ3v) is 3.84. The quantitative estimate of drug-likeness (QED) is 0.753. The Labute approximate surface area is 116 Å². The van der Waals surface area contributed by atoms with Crippen LogP contribution in [-0.4, -0.2) is 30.0 Å². The summed E-state index contributed by atoms with van der Waals surface area (Å²) < 4.78 is 5.91. The molecule has 2 atom stereocenters. The lowest BCUT2D eigenvalue weighted by molar-refractivity contribution is 0.207. The number of rotatable bonds is 6. The van der Waals surface area contributed by atoms with Crippen LogP contribution in [-0.2, 0) is 6.54 Å². The van der Waals surface area contributed by atoms with Crippen LogP contribution >= 0.6 is 15.9 Å². The maximum Gasteiger partial charge on any atom is 0.160 e. The molecule has 0 radical (unpaired) electrons. The van der Waals surface area contributed by atoms with Crippen LogP contribution in [0.2, 0.25) is 0 Å². The zero-order valence-corrected chi connectivity index (χ0v) is 12.5. The van der Waals surface area contributed by atoms with Crippen molar-refractivity contribution in [1.29, 1.82) is 0 Å². The van der Waals surface area contributed by atoms with E-state index in [1.807, 2.05) is 13.8 Å². The van der Waals surface area contributed by atoms with E-state index < -0.39 is 0 Å². The van der Waals surface area contributed by atoms with E-state index in [2.05, 4.69) is 21.2 Å². The first-order valence-electron chi connectivity index (χ1n) is 5.89. The smallest absolute Gasteiger partial charge is 0.160 e. The summed E-state index contributed by atoms with van der Waals surface area (Å²) in [6.07, 6.45) is 0. The van der Waals surface area contributed by atoms with Crippen molar-refractivity contribution in [3.63, 3.8) is 0 Å². The van der Waals surface area contributed by atoms with Crippen LogP contribution in [0.4, 0.5) is 0 Å². The number of aliphatic hydroxyl groups is 1. The molecule has 0 fully saturated rings. The number of ether oxygens (including phenoxy) is 1. The van der Waals surface area contributed by atoms with Gasteiger partial charge in [-0.25, -0.2) is 0 Å². The number of phenols is 1. The topological polar surface area (TPSA) is 61.7 Å². The molecular formula is C13H20BrNO3. The molecule has 0 amide bonds. The number of halogens is 1. The van der Waals surface area contributed by atoms with Gasteiger partial charge >= 0.3 is 0 Å². The summed E-state index contributed by atoms with van der Waals surface area (Å²) in [6, 6.07) is 3.63. The lowest BCUT2D eigenvalue weighted by Crippen LogP contribution is -2.33. The van der Waals surface area contributed by atoms with Crippen molar-refractivity contribution in [2.75, 3.05) is 13.7 Å². The number of hydrogen-bond donors (Lipinski definition) is 3. The number of aliphatic hydroxyl groups excluding tert-OH is 1. The van der Waals surface area contributed by atoms with Crippen molar-refractivity contribution >= 4 is 15.9 Å². The summed E-state index contributed by atoms with van der Waals surface area (Å²) >= 11 is 3.41. The molecule has 5 heteroatoms. The molecule has 1 rings (SSSR count). The van der Waals surface area contributed by atoms with E-state index in [4.69, 9.17) is 9.84 Å². The fraction of sp³-hybridized carbons (Fsp3) is 0.538. The molecule has 18 heavy (non-hydrogen) atoms. The Morgan fingerprint density at radius 3 is 2.61 bits per heavy atom. The lowest BCUT2D eigenvalue weighted by atomic mass is 10.0. The maximum absolute atomic E-state index is 9.61. The van der Waals surface area contributed by atoms with Gasteiger partial charge in [-0.2, -0.15) is 0 Å². The molecule has 0 saturated heterocycles. The molecule has 0 aliphatic carbocycles. The molecule has 0 heterocycles. The molecule has 0 saturated carbocycles. The van der Waals surface area contributed by atoms with Gasteiger partial charge in [0, 0.05) is 23.7 Å². The zero-order valence-electron chi connectivity index (χ0n) is 10.9. The molecule has 4 nitrogen and oxygen atoms in total. The summed E-state index contributed by atoms with van der Waals surface area (Å²) in [5.74, 6) is 0.769.